The molecule has 1 aromatic heterocycles. The molecule has 0 saturated heterocycles. The van der Waals surface area contributed by atoms with Gasteiger partial charge in [0.1, 0.15) is 0 Å². The van der Waals surface area contributed by atoms with Crippen LogP contribution in [0.5, 0.6) is 0 Å². The summed E-state index contributed by atoms with van der Waals surface area (Å²) in [6.07, 6.45) is 17.1. The van der Waals surface area contributed by atoms with Crippen molar-refractivity contribution in [3.63, 3.8) is 0 Å². The normalized spacial score (nSPS) is 11.8. The third-order valence-corrected chi connectivity index (χ3v) is 4.45. The Hall–Kier alpha value is -0.920. The maximum atomic E-state index is 4.09. The average molecular weight is 276 g/mol. The topological polar surface area (TPSA) is 25.8 Å². The summed E-state index contributed by atoms with van der Waals surface area (Å²) in [6, 6.07) is 2.16. The van der Waals surface area contributed by atoms with Crippen LogP contribution in [0, 0.1) is 0 Å². The molecule has 0 atom stereocenters. The second-order valence-corrected chi connectivity index (χ2v) is 6.31. The van der Waals surface area contributed by atoms with Crippen LogP contribution in [-0.2, 0) is 5.41 Å². The highest BCUT2D eigenvalue weighted by Crippen LogP contribution is 2.34. The number of aromatic nitrogens is 2. The van der Waals surface area contributed by atoms with Gasteiger partial charge < -0.3 is 0 Å². The standard InChI is InChI=1S/C18H32N2/c1-4-6-8-10-13-18(3,14-11-9-7-5-2)17-12-15-19-20-16-17/h12,15-16H,4-11,13-14H2,1-3H3. The number of unbranched alkanes of at least 4 members (excludes halogenated alkanes) is 6. The molecule has 0 saturated carbocycles. The van der Waals surface area contributed by atoms with Crippen molar-refractivity contribution in [2.24, 2.45) is 0 Å². The summed E-state index contributed by atoms with van der Waals surface area (Å²) in [5.41, 5.74) is 1.66. The maximum Gasteiger partial charge on any atom is 0.0533 e. The van der Waals surface area contributed by atoms with Crippen LogP contribution in [0.4, 0.5) is 0 Å². The monoisotopic (exact) mass is 276 g/mol. The molecule has 0 unspecified atom stereocenters. The van der Waals surface area contributed by atoms with Gasteiger partial charge in [0.25, 0.3) is 0 Å². The van der Waals surface area contributed by atoms with Crippen molar-refractivity contribution in [1.29, 1.82) is 0 Å². The summed E-state index contributed by atoms with van der Waals surface area (Å²) in [6.45, 7) is 6.97. The quantitative estimate of drug-likeness (QED) is 0.486. The summed E-state index contributed by atoms with van der Waals surface area (Å²) in [7, 11) is 0. The van der Waals surface area contributed by atoms with Crippen molar-refractivity contribution in [3.05, 3.63) is 24.0 Å². The first-order chi connectivity index (χ1) is 9.73. The molecule has 0 N–H and O–H groups in total. The van der Waals surface area contributed by atoms with Crippen LogP contribution in [0.15, 0.2) is 18.5 Å². The summed E-state index contributed by atoms with van der Waals surface area (Å²) in [5.74, 6) is 0. The number of nitrogens with zero attached hydrogens (tertiary/aromatic N) is 2. The molecule has 0 aromatic carbocycles. The second kappa shape index (κ2) is 9.90. The SMILES string of the molecule is CCCCCCC(C)(CCCCCC)c1ccnnc1. The minimum atomic E-state index is 0.289. The minimum absolute atomic E-state index is 0.289. The lowest BCUT2D eigenvalue weighted by Gasteiger charge is -2.30. The van der Waals surface area contributed by atoms with E-state index in [2.05, 4.69) is 37.0 Å². The van der Waals surface area contributed by atoms with E-state index in [4.69, 9.17) is 0 Å². The summed E-state index contributed by atoms with van der Waals surface area (Å²) in [5, 5.41) is 8.02. The van der Waals surface area contributed by atoms with Gasteiger partial charge in [0.2, 0.25) is 0 Å². The zero-order valence-electron chi connectivity index (χ0n) is 13.7. The van der Waals surface area contributed by atoms with Gasteiger partial charge in [0.15, 0.2) is 0 Å². The van der Waals surface area contributed by atoms with Gasteiger partial charge in [0.05, 0.1) is 6.20 Å². The summed E-state index contributed by atoms with van der Waals surface area (Å²) < 4.78 is 0. The average Bonchev–Trinajstić information content (AvgIpc) is 2.49. The van der Waals surface area contributed by atoms with E-state index in [1.807, 2.05) is 12.4 Å². The van der Waals surface area contributed by atoms with E-state index >= 15 is 0 Å². The van der Waals surface area contributed by atoms with E-state index in [9.17, 15) is 0 Å². The predicted molar refractivity (Wildman–Crippen MR) is 86.9 cm³/mol. The fourth-order valence-corrected chi connectivity index (χ4v) is 2.95. The molecule has 0 aliphatic rings. The molecule has 1 aromatic rings. The molecule has 0 fully saturated rings. The molecule has 0 aliphatic carbocycles. The van der Waals surface area contributed by atoms with Crippen molar-refractivity contribution in [2.45, 2.75) is 90.4 Å². The van der Waals surface area contributed by atoms with E-state index in [0.29, 0.717) is 0 Å². The lowest BCUT2D eigenvalue weighted by atomic mass is 9.75. The molecule has 0 spiro atoms. The van der Waals surface area contributed by atoms with Gasteiger partial charge in [-0.3, -0.25) is 0 Å². The van der Waals surface area contributed by atoms with Crippen LogP contribution in [0.1, 0.15) is 90.5 Å². The highest BCUT2D eigenvalue weighted by molar-refractivity contribution is 5.18. The van der Waals surface area contributed by atoms with Crippen LogP contribution in [-0.4, -0.2) is 10.2 Å². The molecule has 1 heterocycles. The van der Waals surface area contributed by atoms with Gasteiger partial charge in [-0.1, -0.05) is 72.1 Å². The van der Waals surface area contributed by atoms with Crippen LogP contribution in [0.25, 0.3) is 0 Å². The number of rotatable bonds is 11. The van der Waals surface area contributed by atoms with Crippen molar-refractivity contribution >= 4 is 0 Å². The number of hydrogen-bond donors (Lipinski definition) is 0. The Morgan fingerprint density at radius 1 is 0.850 bits per heavy atom. The van der Waals surface area contributed by atoms with E-state index < -0.39 is 0 Å². The molecular weight excluding hydrogens is 244 g/mol. The van der Waals surface area contributed by atoms with Gasteiger partial charge in [-0.05, 0) is 29.9 Å². The van der Waals surface area contributed by atoms with Crippen LogP contribution >= 0.6 is 0 Å². The summed E-state index contributed by atoms with van der Waals surface area (Å²) >= 11 is 0. The lowest BCUT2D eigenvalue weighted by molar-refractivity contribution is 0.362. The largest absolute Gasteiger partial charge is 0.159 e. The van der Waals surface area contributed by atoms with Gasteiger partial charge >= 0.3 is 0 Å². The third-order valence-electron chi connectivity index (χ3n) is 4.45. The molecule has 2 nitrogen and oxygen atoms in total. The Morgan fingerprint density at radius 2 is 1.45 bits per heavy atom. The Bertz CT molecular complexity index is 323. The fourth-order valence-electron chi connectivity index (χ4n) is 2.95. The van der Waals surface area contributed by atoms with E-state index in [1.165, 1.54) is 69.8 Å². The fraction of sp³-hybridized carbons (Fsp3) is 0.778. The van der Waals surface area contributed by atoms with E-state index in [-0.39, 0.29) is 5.41 Å². The molecule has 0 bridgehead atoms. The third kappa shape index (κ3) is 6.02. The van der Waals surface area contributed by atoms with Crippen molar-refractivity contribution in [1.82, 2.24) is 10.2 Å². The van der Waals surface area contributed by atoms with E-state index in [1.54, 1.807) is 0 Å². The highest BCUT2D eigenvalue weighted by atomic mass is 15.1. The molecule has 1 rings (SSSR count). The van der Waals surface area contributed by atoms with Crippen LogP contribution in [0.3, 0.4) is 0 Å². The van der Waals surface area contributed by atoms with Crippen molar-refractivity contribution in [3.8, 4) is 0 Å². The van der Waals surface area contributed by atoms with E-state index in [0.717, 1.165) is 0 Å². The summed E-state index contributed by atoms with van der Waals surface area (Å²) in [4.78, 5) is 0. The van der Waals surface area contributed by atoms with Gasteiger partial charge in [-0.2, -0.15) is 10.2 Å². The zero-order chi connectivity index (χ0) is 14.7. The molecular formula is C18H32N2. The van der Waals surface area contributed by atoms with Gasteiger partial charge in [-0.15, -0.1) is 0 Å². The first-order valence-electron chi connectivity index (χ1n) is 8.50. The Kier molecular flexibility index (Phi) is 8.48. The van der Waals surface area contributed by atoms with Crippen molar-refractivity contribution < 1.29 is 0 Å². The highest BCUT2D eigenvalue weighted by Gasteiger charge is 2.25. The zero-order valence-corrected chi connectivity index (χ0v) is 13.7. The van der Waals surface area contributed by atoms with Gasteiger partial charge in [0, 0.05) is 6.20 Å². The molecule has 114 valence electrons. The van der Waals surface area contributed by atoms with Gasteiger partial charge in [-0.25, -0.2) is 0 Å². The first kappa shape index (κ1) is 17.1. The second-order valence-electron chi connectivity index (χ2n) is 6.31. The Labute approximate surface area is 125 Å². The molecule has 2 heteroatoms. The molecule has 0 amide bonds. The first-order valence-corrected chi connectivity index (χ1v) is 8.50. The molecule has 20 heavy (non-hydrogen) atoms. The molecule has 0 aliphatic heterocycles. The van der Waals surface area contributed by atoms with Crippen LogP contribution < -0.4 is 0 Å². The maximum absolute atomic E-state index is 4.09. The lowest BCUT2D eigenvalue weighted by Crippen LogP contribution is -2.22. The molecule has 0 radical (unpaired) electrons. The Morgan fingerprint density at radius 3 is 1.90 bits per heavy atom. The smallest absolute Gasteiger partial charge is 0.0533 e. The Balaban J connectivity index is 2.57. The minimum Gasteiger partial charge on any atom is -0.159 e. The van der Waals surface area contributed by atoms with Crippen molar-refractivity contribution in [2.75, 3.05) is 0 Å². The van der Waals surface area contributed by atoms with Crippen LogP contribution in [0.2, 0.25) is 0 Å². The predicted octanol–water partition coefficient (Wildman–Crippen LogP) is 5.68. The number of hydrogen-bond acceptors (Lipinski definition) is 2.